The van der Waals surface area contributed by atoms with Crippen LogP contribution in [0, 0.1) is 6.92 Å². The Morgan fingerprint density at radius 2 is 2.22 bits per heavy atom. The lowest BCUT2D eigenvalue weighted by Gasteiger charge is -2.05. The fourth-order valence-corrected chi connectivity index (χ4v) is 1.39. The van der Waals surface area contributed by atoms with Crippen LogP contribution in [0.3, 0.4) is 0 Å². The number of pyridine rings is 1. The molecule has 0 fully saturated rings. The summed E-state index contributed by atoms with van der Waals surface area (Å²) in [6, 6.07) is 3.19. The lowest BCUT2D eigenvalue weighted by atomic mass is 10.2. The molecule has 18 heavy (non-hydrogen) atoms. The number of nitrogens with one attached hydrogen (secondary N) is 2. The second kappa shape index (κ2) is 7.62. The molecule has 0 aliphatic carbocycles. The molecule has 3 N–H and O–H groups in total. The average Bonchev–Trinajstić information content (AvgIpc) is 2.33. The van der Waals surface area contributed by atoms with Crippen molar-refractivity contribution in [1.29, 1.82) is 0 Å². The molecule has 0 saturated heterocycles. The molecule has 0 aliphatic heterocycles. The van der Waals surface area contributed by atoms with E-state index in [0.29, 0.717) is 31.9 Å². The Kier molecular flexibility index (Phi) is 6.10. The summed E-state index contributed by atoms with van der Waals surface area (Å²) in [6.45, 7) is 2.93. The van der Waals surface area contributed by atoms with E-state index in [4.69, 9.17) is 9.84 Å². The molecule has 1 aromatic rings. The zero-order valence-corrected chi connectivity index (χ0v) is 10.4. The SMILES string of the molecule is Cc1ccc(C(=O)NCCCOCCO)c(=O)[nH]1. The quantitative estimate of drug-likeness (QED) is 0.588. The molecule has 0 atom stereocenters. The maximum Gasteiger partial charge on any atom is 0.260 e. The van der Waals surface area contributed by atoms with Crippen LogP contribution in [-0.2, 0) is 4.74 Å². The third kappa shape index (κ3) is 4.68. The average molecular weight is 254 g/mol. The number of rotatable bonds is 7. The van der Waals surface area contributed by atoms with E-state index in [2.05, 4.69) is 10.3 Å². The number of hydrogen-bond donors (Lipinski definition) is 3. The summed E-state index contributed by atoms with van der Waals surface area (Å²) in [5.74, 6) is -0.390. The van der Waals surface area contributed by atoms with E-state index < -0.39 is 5.91 Å². The van der Waals surface area contributed by atoms with Gasteiger partial charge in [0, 0.05) is 18.8 Å². The maximum atomic E-state index is 11.7. The Morgan fingerprint density at radius 3 is 2.89 bits per heavy atom. The third-order valence-corrected chi connectivity index (χ3v) is 2.29. The Balaban J connectivity index is 2.34. The number of aliphatic hydroxyl groups is 1. The number of aryl methyl sites for hydroxylation is 1. The number of carbonyl (C=O) groups excluding carboxylic acids is 1. The van der Waals surface area contributed by atoms with Gasteiger partial charge in [-0.05, 0) is 25.5 Å². The van der Waals surface area contributed by atoms with Crippen LogP contribution >= 0.6 is 0 Å². The minimum Gasteiger partial charge on any atom is -0.394 e. The monoisotopic (exact) mass is 254 g/mol. The van der Waals surface area contributed by atoms with E-state index >= 15 is 0 Å². The van der Waals surface area contributed by atoms with Crippen LogP contribution < -0.4 is 10.9 Å². The van der Waals surface area contributed by atoms with Gasteiger partial charge in [0.05, 0.1) is 13.2 Å². The van der Waals surface area contributed by atoms with Crippen molar-refractivity contribution in [2.75, 3.05) is 26.4 Å². The molecule has 0 spiro atoms. The molecule has 1 amide bonds. The topological polar surface area (TPSA) is 91.4 Å². The lowest BCUT2D eigenvalue weighted by Crippen LogP contribution is -2.30. The van der Waals surface area contributed by atoms with Gasteiger partial charge in [0.25, 0.3) is 11.5 Å². The first-order valence-electron chi connectivity index (χ1n) is 5.82. The zero-order chi connectivity index (χ0) is 13.4. The van der Waals surface area contributed by atoms with E-state index in [1.165, 1.54) is 6.07 Å². The largest absolute Gasteiger partial charge is 0.394 e. The van der Waals surface area contributed by atoms with Crippen LogP contribution in [0.4, 0.5) is 0 Å². The highest BCUT2D eigenvalue weighted by Gasteiger charge is 2.08. The molecule has 1 heterocycles. The maximum absolute atomic E-state index is 11.7. The predicted octanol–water partition coefficient (Wildman–Crippen LogP) is -0.188. The fraction of sp³-hybridized carbons (Fsp3) is 0.500. The molecule has 100 valence electrons. The van der Waals surface area contributed by atoms with Crippen molar-refractivity contribution in [2.45, 2.75) is 13.3 Å². The normalized spacial score (nSPS) is 10.3. The van der Waals surface area contributed by atoms with Crippen molar-refractivity contribution in [3.63, 3.8) is 0 Å². The van der Waals surface area contributed by atoms with Crippen molar-refractivity contribution < 1.29 is 14.6 Å². The Hall–Kier alpha value is -1.66. The van der Waals surface area contributed by atoms with Crippen molar-refractivity contribution in [3.05, 3.63) is 33.7 Å². The first-order valence-corrected chi connectivity index (χ1v) is 5.82. The predicted molar refractivity (Wildman–Crippen MR) is 66.7 cm³/mol. The van der Waals surface area contributed by atoms with Gasteiger partial charge >= 0.3 is 0 Å². The van der Waals surface area contributed by atoms with E-state index in [-0.39, 0.29) is 17.7 Å². The molecular formula is C12H18N2O4. The highest BCUT2D eigenvalue weighted by Crippen LogP contribution is 1.93. The first kappa shape index (κ1) is 14.4. The zero-order valence-electron chi connectivity index (χ0n) is 10.4. The number of aliphatic hydroxyl groups excluding tert-OH is 1. The molecule has 6 heteroatoms. The molecule has 1 rings (SSSR count). The molecule has 0 saturated carbocycles. The van der Waals surface area contributed by atoms with Crippen molar-refractivity contribution in [1.82, 2.24) is 10.3 Å². The van der Waals surface area contributed by atoms with Crippen LogP contribution in [0.5, 0.6) is 0 Å². The third-order valence-electron chi connectivity index (χ3n) is 2.29. The molecular weight excluding hydrogens is 236 g/mol. The number of hydrogen-bond acceptors (Lipinski definition) is 4. The molecule has 0 unspecified atom stereocenters. The van der Waals surface area contributed by atoms with Crippen LogP contribution in [0.15, 0.2) is 16.9 Å². The fourth-order valence-electron chi connectivity index (χ4n) is 1.39. The smallest absolute Gasteiger partial charge is 0.260 e. The molecule has 0 radical (unpaired) electrons. The number of aromatic nitrogens is 1. The molecule has 0 bridgehead atoms. The Morgan fingerprint density at radius 1 is 1.44 bits per heavy atom. The summed E-state index contributed by atoms with van der Waals surface area (Å²) in [5, 5.41) is 11.1. The van der Waals surface area contributed by atoms with Gasteiger partial charge in [-0.25, -0.2) is 0 Å². The van der Waals surface area contributed by atoms with Gasteiger partial charge in [0.15, 0.2) is 0 Å². The standard InChI is InChI=1S/C12H18N2O4/c1-9-3-4-10(12(17)14-9)11(16)13-5-2-7-18-8-6-15/h3-4,15H,2,5-8H2,1H3,(H,13,16)(H,14,17). The van der Waals surface area contributed by atoms with Crippen LogP contribution in [-0.4, -0.2) is 42.4 Å². The molecule has 0 aromatic carbocycles. The van der Waals surface area contributed by atoms with Crippen molar-refractivity contribution in [2.24, 2.45) is 0 Å². The number of aromatic amines is 1. The summed E-state index contributed by atoms with van der Waals surface area (Å²) >= 11 is 0. The molecule has 6 nitrogen and oxygen atoms in total. The molecule has 1 aromatic heterocycles. The Bertz CT molecular complexity index is 442. The minimum atomic E-state index is -0.390. The van der Waals surface area contributed by atoms with Gasteiger partial charge in [-0.3, -0.25) is 9.59 Å². The van der Waals surface area contributed by atoms with Crippen LogP contribution in [0.2, 0.25) is 0 Å². The van der Waals surface area contributed by atoms with Gasteiger partial charge in [-0.1, -0.05) is 0 Å². The molecule has 0 aliphatic rings. The summed E-state index contributed by atoms with van der Waals surface area (Å²) in [6.07, 6.45) is 0.634. The van der Waals surface area contributed by atoms with Gasteiger partial charge in [-0.2, -0.15) is 0 Å². The van der Waals surface area contributed by atoms with Gasteiger partial charge in [-0.15, -0.1) is 0 Å². The second-order valence-electron chi connectivity index (χ2n) is 3.83. The number of carbonyl (C=O) groups is 1. The van der Waals surface area contributed by atoms with Gasteiger partial charge in [0.1, 0.15) is 5.56 Å². The van der Waals surface area contributed by atoms with E-state index in [0.717, 1.165) is 0 Å². The highest BCUT2D eigenvalue weighted by molar-refractivity contribution is 5.93. The summed E-state index contributed by atoms with van der Waals surface area (Å²) in [4.78, 5) is 25.7. The minimum absolute atomic E-state index is 0.00883. The summed E-state index contributed by atoms with van der Waals surface area (Å²) < 4.78 is 5.04. The van der Waals surface area contributed by atoms with Crippen LogP contribution in [0.25, 0.3) is 0 Å². The van der Waals surface area contributed by atoms with Crippen molar-refractivity contribution in [3.8, 4) is 0 Å². The number of H-pyrrole nitrogens is 1. The van der Waals surface area contributed by atoms with Crippen LogP contribution in [0.1, 0.15) is 22.5 Å². The van der Waals surface area contributed by atoms with Gasteiger partial charge in [0.2, 0.25) is 0 Å². The van der Waals surface area contributed by atoms with Crippen molar-refractivity contribution >= 4 is 5.91 Å². The second-order valence-corrected chi connectivity index (χ2v) is 3.83. The number of amides is 1. The number of ether oxygens (including phenoxy) is 1. The summed E-state index contributed by atoms with van der Waals surface area (Å²) in [5.41, 5.74) is 0.440. The van der Waals surface area contributed by atoms with E-state index in [1.807, 2.05) is 0 Å². The highest BCUT2D eigenvalue weighted by atomic mass is 16.5. The van der Waals surface area contributed by atoms with Gasteiger partial charge < -0.3 is 20.1 Å². The van der Waals surface area contributed by atoms with E-state index in [9.17, 15) is 9.59 Å². The lowest BCUT2D eigenvalue weighted by molar-refractivity contribution is 0.0867. The van der Waals surface area contributed by atoms with E-state index in [1.54, 1.807) is 13.0 Å². The summed E-state index contributed by atoms with van der Waals surface area (Å²) in [7, 11) is 0. The Labute approximate surface area is 105 Å². The first-order chi connectivity index (χ1) is 8.65.